The average molecular weight is 451 g/mol. The molecule has 29 heavy (non-hydrogen) atoms. The summed E-state index contributed by atoms with van der Waals surface area (Å²) in [5.41, 5.74) is 4.38. The number of rotatable bonds is 4. The number of carbonyl (C=O) groups is 1. The Morgan fingerprint density at radius 2 is 1.93 bits per heavy atom. The number of aryl methyl sites for hydroxylation is 1. The van der Waals surface area contributed by atoms with E-state index in [1.807, 2.05) is 54.1 Å². The lowest BCUT2D eigenvalue weighted by atomic mass is 9.91. The first-order valence-corrected chi connectivity index (χ1v) is 10.4. The summed E-state index contributed by atoms with van der Waals surface area (Å²) in [6, 6.07) is 13.3. The number of halogens is 1. The van der Waals surface area contributed by atoms with Crippen LogP contribution in [0.5, 0.6) is 0 Å². The number of amides is 1. The molecule has 2 N–H and O–H groups in total. The van der Waals surface area contributed by atoms with Crippen LogP contribution < -0.4 is 10.6 Å². The molecule has 5 nitrogen and oxygen atoms in total. The Hall–Kier alpha value is -2.86. The maximum absolute atomic E-state index is 12.6. The van der Waals surface area contributed by atoms with Gasteiger partial charge in [-0.15, -0.1) is 0 Å². The number of anilines is 2. The predicted molar refractivity (Wildman–Crippen MR) is 122 cm³/mol. The number of nitrogens with one attached hydrogen (secondary N) is 2. The molecule has 0 spiro atoms. The van der Waals surface area contributed by atoms with Gasteiger partial charge in [0, 0.05) is 22.8 Å². The molecule has 1 aromatic heterocycles. The molecule has 6 heteroatoms. The Kier molecular flexibility index (Phi) is 5.28. The van der Waals surface area contributed by atoms with E-state index < -0.39 is 0 Å². The van der Waals surface area contributed by atoms with Crippen LogP contribution in [0.1, 0.15) is 24.2 Å². The third-order valence-corrected chi connectivity index (χ3v) is 5.85. The molecule has 0 radical (unpaired) electrons. The SMILES string of the molecule is CC1=CC=CC(C)C1Nc1nc2cc(C(=O)Nc3ccc(Br)cc3)ccc2n1C. The molecule has 2 unspecified atom stereocenters. The summed E-state index contributed by atoms with van der Waals surface area (Å²) in [5, 5.41) is 6.48. The second-order valence-electron chi connectivity index (χ2n) is 7.44. The molecule has 2 aromatic carbocycles. The maximum atomic E-state index is 12.6. The zero-order chi connectivity index (χ0) is 20.5. The van der Waals surface area contributed by atoms with Gasteiger partial charge in [-0.2, -0.15) is 0 Å². The Bertz CT molecular complexity index is 1130. The molecule has 1 aliphatic rings. The largest absolute Gasteiger partial charge is 0.349 e. The van der Waals surface area contributed by atoms with Gasteiger partial charge in [0.15, 0.2) is 0 Å². The molecule has 2 atom stereocenters. The first kappa shape index (κ1) is 19.5. The fraction of sp³-hybridized carbons (Fsp3) is 0.217. The van der Waals surface area contributed by atoms with Gasteiger partial charge in [0.25, 0.3) is 5.91 Å². The molecule has 1 aliphatic carbocycles. The van der Waals surface area contributed by atoms with Crippen molar-refractivity contribution in [2.45, 2.75) is 19.9 Å². The Morgan fingerprint density at radius 1 is 1.17 bits per heavy atom. The molecule has 4 rings (SSSR count). The molecule has 0 saturated heterocycles. The quantitative estimate of drug-likeness (QED) is 0.549. The van der Waals surface area contributed by atoms with Crippen LogP contribution in [0.2, 0.25) is 0 Å². The number of carbonyl (C=O) groups excluding carboxylic acids is 1. The third-order valence-electron chi connectivity index (χ3n) is 5.32. The van der Waals surface area contributed by atoms with E-state index in [9.17, 15) is 4.79 Å². The van der Waals surface area contributed by atoms with Crippen LogP contribution in [-0.4, -0.2) is 21.5 Å². The Morgan fingerprint density at radius 3 is 2.66 bits per heavy atom. The van der Waals surface area contributed by atoms with Gasteiger partial charge in [-0.25, -0.2) is 4.98 Å². The highest BCUT2D eigenvalue weighted by Gasteiger charge is 2.21. The molecular weight excluding hydrogens is 428 g/mol. The van der Waals surface area contributed by atoms with Crippen molar-refractivity contribution in [2.24, 2.45) is 13.0 Å². The van der Waals surface area contributed by atoms with Crippen molar-refractivity contribution in [3.05, 3.63) is 76.3 Å². The van der Waals surface area contributed by atoms with Gasteiger partial charge in [-0.3, -0.25) is 4.79 Å². The monoisotopic (exact) mass is 450 g/mol. The second kappa shape index (κ2) is 7.87. The molecule has 1 amide bonds. The van der Waals surface area contributed by atoms with E-state index in [-0.39, 0.29) is 11.9 Å². The fourth-order valence-electron chi connectivity index (χ4n) is 3.60. The Balaban J connectivity index is 1.58. The molecule has 0 aliphatic heterocycles. The van der Waals surface area contributed by atoms with Gasteiger partial charge in [-0.05, 0) is 55.3 Å². The highest BCUT2D eigenvalue weighted by atomic mass is 79.9. The van der Waals surface area contributed by atoms with E-state index in [4.69, 9.17) is 4.98 Å². The van der Waals surface area contributed by atoms with E-state index in [2.05, 4.69) is 58.6 Å². The van der Waals surface area contributed by atoms with Crippen LogP contribution in [-0.2, 0) is 7.05 Å². The summed E-state index contributed by atoms with van der Waals surface area (Å²) < 4.78 is 3.00. The molecule has 1 heterocycles. The van der Waals surface area contributed by atoms with E-state index in [1.165, 1.54) is 5.57 Å². The van der Waals surface area contributed by atoms with Crippen molar-refractivity contribution >= 4 is 44.5 Å². The second-order valence-corrected chi connectivity index (χ2v) is 8.35. The summed E-state index contributed by atoms with van der Waals surface area (Å²) in [5.74, 6) is 1.02. The van der Waals surface area contributed by atoms with Gasteiger partial charge in [0.1, 0.15) is 0 Å². The maximum Gasteiger partial charge on any atom is 0.255 e. The first-order chi connectivity index (χ1) is 13.9. The third kappa shape index (κ3) is 3.98. The number of allylic oxidation sites excluding steroid dienone is 2. The lowest BCUT2D eigenvalue weighted by Crippen LogP contribution is -2.30. The zero-order valence-corrected chi connectivity index (χ0v) is 18.2. The van der Waals surface area contributed by atoms with Crippen molar-refractivity contribution in [3.8, 4) is 0 Å². The van der Waals surface area contributed by atoms with Crippen molar-refractivity contribution in [3.63, 3.8) is 0 Å². The number of fused-ring (bicyclic) bond motifs is 1. The van der Waals surface area contributed by atoms with Crippen molar-refractivity contribution in [2.75, 3.05) is 10.6 Å². The summed E-state index contributed by atoms with van der Waals surface area (Å²) >= 11 is 3.40. The standard InChI is InChI=1S/C23H23BrN4O/c1-14-5-4-6-15(2)21(14)27-23-26-19-13-16(7-12-20(19)28(23)3)22(29)25-18-10-8-17(24)9-11-18/h4-14,21H,1-3H3,(H,25,29)(H,26,27). The highest BCUT2D eigenvalue weighted by molar-refractivity contribution is 9.10. The number of benzene rings is 2. The predicted octanol–water partition coefficient (Wildman–Crippen LogP) is 5.52. The van der Waals surface area contributed by atoms with Gasteiger partial charge in [0.05, 0.1) is 17.1 Å². The topological polar surface area (TPSA) is 59.0 Å². The number of hydrogen-bond acceptors (Lipinski definition) is 3. The van der Waals surface area contributed by atoms with Crippen molar-refractivity contribution < 1.29 is 4.79 Å². The van der Waals surface area contributed by atoms with Crippen LogP contribution in [0.3, 0.4) is 0 Å². The fourth-order valence-corrected chi connectivity index (χ4v) is 3.87. The van der Waals surface area contributed by atoms with Gasteiger partial charge < -0.3 is 15.2 Å². The smallest absolute Gasteiger partial charge is 0.255 e. The molecule has 148 valence electrons. The van der Waals surface area contributed by atoms with Gasteiger partial charge in [-0.1, -0.05) is 46.7 Å². The summed E-state index contributed by atoms with van der Waals surface area (Å²) in [6.45, 7) is 4.32. The van der Waals surface area contributed by atoms with Crippen LogP contribution in [0.15, 0.2) is 70.7 Å². The Labute approximate surface area is 178 Å². The molecule has 3 aromatic rings. The van der Waals surface area contributed by atoms with Crippen LogP contribution >= 0.6 is 15.9 Å². The summed E-state index contributed by atoms with van der Waals surface area (Å²) in [6.07, 6.45) is 6.42. The van der Waals surface area contributed by atoms with Crippen molar-refractivity contribution in [1.29, 1.82) is 0 Å². The normalized spacial score (nSPS) is 18.6. The minimum Gasteiger partial charge on any atom is -0.349 e. The minimum absolute atomic E-state index is 0.154. The number of imidazole rings is 1. The van der Waals surface area contributed by atoms with Gasteiger partial charge >= 0.3 is 0 Å². The van der Waals surface area contributed by atoms with Crippen molar-refractivity contribution in [1.82, 2.24) is 9.55 Å². The van der Waals surface area contributed by atoms with Crippen LogP contribution in [0.4, 0.5) is 11.6 Å². The first-order valence-electron chi connectivity index (χ1n) is 9.57. The average Bonchev–Trinajstić information content (AvgIpc) is 3.01. The molecule has 0 saturated carbocycles. The zero-order valence-electron chi connectivity index (χ0n) is 16.6. The number of nitrogens with zero attached hydrogens (tertiary/aromatic N) is 2. The summed E-state index contributed by atoms with van der Waals surface area (Å²) in [7, 11) is 1.99. The molecular formula is C23H23BrN4O. The lowest BCUT2D eigenvalue weighted by Gasteiger charge is -2.26. The molecule has 0 bridgehead atoms. The highest BCUT2D eigenvalue weighted by Crippen LogP contribution is 2.26. The van der Waals surface area contributed by atoms with Crippen LogP contribution in [0.25, 0.3) is 11.0 Å². The van der Waals surface area contributed by atoms with E-state index in [1.54, 1.807) is 0 Å². The van der Waals surface area contributed by atoms with E-state index in [0.717, 1.165) is 27.1 Å². The summed E-state index contributed by atoms with van der Waals surface area (Å²) in [4.78, 5) is 17.4. The lowest BCUT2D eigenvalue weighted by molar-refractivity contribution is 0.102. The van der Waals surface area contributed by atoms with Crippen LogP contribution in [0, 0.1) is 5.92 Å². The van der Waals surface area contributed by atoms with Gasteiger partial charge in [0.2, 0.25) is 5.95 Å². The molecule has 0 fully saturated rings. The van der Waals surface area contributed by atoms with E-state index in [0.29, 0.717) is 11.5 Å². The van der Waals surface area contributed by atoms with E-state index >= 15 is 0 Å². The number of hydrogen-bond donors (Lipinski definition) is 2. The number of aromatic nitrogens is 2. The minimum atomic E-state index is -0.154.